The number of methoxy groups -OCH3 is 1. The molecule has 2 N–H and O–H groups in total. The van der Waals surface area contributed by atoms with Crippen LogP contribution in [0.2, 0.25) is 0 Å². The lowest BCUT2D eigenvalue weighted by Gasteiger charge is -2.12. The first-order valence-electron chi connectivity index (χ1n) is 8.59. The molecule has 140 valence electrons. The lowest BCUT2D eigenvalue weighted by atomic mass is 10.2. The Balaban J connectivity index is 1.83. The maximum Gasteiger partial charge on any atom is 0.272 e. The van der Waals surface area contributed by atoms with Crippen LogP contribution in [-0.2, 0) is 4.79 Å². The number of aromatic nitrogens is 1. The van der Waals surface area contributed by atoms with Gasteiger partial charge in [-0.15, -0.1) is 0 Å². The van der Waals surface area contributed by atoms with E-state index in [0.29, 0.717) is 17.0 Å². The molecule has 28 heavy (non-hydrogen) atoms. The van der Waals surface area contributed by atoms with E-state index in [2.05, 4.69) is 15.6 Å². The number of pyridine rings is 1. The molecule has 0 bridgehead atoms. The number of ether oxygens (including phenoxy) is 1. The molecule has 2 aromatic carbocycles. The standard InChI is InChI=1S/C22H19N3O3/c1-28-19-9-7-18(8-10-19)24-22(27)20(15-16-11-13-23-14-12-16)25-21(26)17-5-3-2-4-6-17/h2-15H,1H3,(H,24,27)(H,25,26)/b20-15+. The fraction of sp³-hybridized carbons (Fsp3) is 0.0455. The number of carbonyl (C=O) groups is 2. The van der Waals surface area contributed by atoms with Crippen molar-refractivity contribution in [2.75, 3.05) is 12.4 Å². The third kappa shape index (κ3) is 5.04. The van der Waals surface area contributed by atoms with Crippen molar-refractivity contribution >= 4 is 23.6 Å². The fourth-order valence-electron chi connectivity index (χ4n) is 2.44. The molecule has 0 atom stereocenters. The van der Waals surface area contributed by atoms with Crippen molar-refractivity contribution < 1.29 is 14.3 Å². The first kappa shape index (κ1) is 18.8. The molecule has 3 rings (SSSR count). The topological polar surface area (TPSA) is 80.3 Å². The number of amides is 2. The number of rotatable bonds is 6. The molecular weight excluding hydrogens is 354 g/mol. The second-order valence-electron chi connectivity index (χ2n) is 5.84. The van der Waals surface area contributed by atoms with E-state index in [1.165, 1.54) is 0 Å². The summed E-state index contributed by atoms with van der Waals surface area (Å²) in [5.74, 6) is -0.125. The van der Waals surface area contributed by atoms with Crippen LogP contribution in [0.15, 0.2) is 84.8 Å². The van der Waals surface area contributed by atoms with E-state index in [0.717, 1.165) is 5.56 Å². The molecular formula is C22H19N3O3. The smallest absolute Gasteiger partial charge is 0.272 e. The van der Waals surface area contributed by atoms with Crippen LogP contribution in [-0.4, -0.2) is 23.9 Å². The Kier molecular flexibility index (Phi) is 6.15. The molecule has 3 aromatic rings. The van der Waals surface area contributed by atoms with Crippen LogP contribution >= 0.6 is 0 Å². The Labute approximate surface area is 162 Å². The molecule has 0 radical (unpaired) electrons. The van der Waals surface area contributed by atoms with Crippen molar-refractivity contribution in [1.82, 2.24) is 10.3 Å². The lowest BCUT2D eigenvalue weighted by Crippen LogP contribution is -2.30. The van der Waals surface area contributed by atoms with Gasteiger partial charge in [0.25, 0.3) is 11.8 Å². The van der Waals surface area contributed by atoms with Crippen LogP contribution < -0.4 is 15.4 Å². The summed E-state index contributed by atoms with van der Waals surface area (Å²) in [6.07, 6.45) is 4.83. The van der Waals surface area contributed by atoms with Gasteiger partial charge in [0, 0.05) is 23.6 Å². The highest BCUT2D eigenvalue weighted by Crippen LogP contribution is 2.16. The highest BCUT2D eigenvalue weighted by atomic mass is 16.5. The number of benzene rings is 2. The van der Waals surface area contributed by atoms with E-state index in [1.54, 1.807) is 86.2 Å². The van der Waals surface area contributed by atoms with Crippen molar-refractivity contribution in [3.63, 3.8) is 0 Å². The highest BCUT2D eigenvalue weighted by molar-refractivity contribution is 6.10. The average molecular weight is 373 g/mol. The minimum atomic E-state index is -0.439. The summed E-state index contributed by atoms with van der Waals surface area (Å²) in [6, 6.07) is 19.1. The molecule has 1 aromatic heterocycles. The number of hydrogen-bond acceptors (Lipinski definition) is 4. The Hall–Kier alpha value is -3.93. The maximum absolute atomic E-state index is 12.8. The van der Waals surface area contributed by atoms with E-state index in [1.807, 2.05) is 6.07 Å². The van der Waals surface area contributed by atoms with Gasteiger partial charge in [0.2, 0.25) is 0 Å². The summed E-state index contributed by atoms with van der Waals surface area (Å²) in [5.41, 5.74) is 1.90. The van der Waals surface area contributed by atoms with E-state index < -0.39 is 5.91 Å². The largest absolute Gasteiger partial charge is 0.497 e. The Morgan fingerprint density at radius 1 is 0.929 bits per heavy atom. The normalized spacial score (nSPS) is 10.8. The van der Waals surface area contributed by atoms with Crippen LogP contribution in [0.25, 0.3) is 6.08 Å². The first-order chi connectivity index (χ1) is 13.7. The van der Waals surface area contributed by atoms with Gasteiger partial charge in [-0.3, -0.25) is 14.6 Å². The molecule has 0 spiro atoms. The third-order valence-corrected chi connectivity index (χ3v) is 3.89. The Morgan fingerprint density at radius 3 is 2.25 bits per heavy atom. The zero-order valence-corrected chi connectivity index (χ0v) is 15.3. The van der Waals surface area contributed by atoms with Crippen molar-refractivity contribution in [1.29, 1.82) is 0 Å². The highest BCUT2D eigenvalue weighted by Gasteiger charge is 2.15. The predicted octanol–water partition coefficient (Wildman–Crippen LogP) is 3.50. The van der Waals surface area contributed by atoms with Gasteiger partial charge in [-0.2, -0.15) is 0 Å². The molecule has 0 saturated carbocycles. The number of carbonyl (C=O) groups excluding carboxylic acids is 2. The SMILES string of the molecule is COc1ccc(NC(=O)/C(=C\c2ccncc2)NC(=O)c2ccccc2)cc1. The summed E-state index contributed by atoms with van der Waals surface area (Å²) in [7, 11) is 1.57. The van der Waals surface area contributed by atoms with Crippen LogP contribution in [0.4, 0.5) is 5.69 Å². The summed E-state index contributed by atoms with van der Waals surface area (Å²) in [4.78, 5) is 29.3. The van der Waals surface area contributed by atoms with Gasteiger partial charge in [-0.1, -0.05) is 18.2 Å². The summed E-state index contributed by atoms with van der Waals surface area (Å²) in [5, 5.41) is 5.47. The average Bonchev–Trinajstić information content (AvgIpc) is 2.75. The van der Waals surface area contributed by atoms with Crippen LogP contribution in [0.1, 0.15) is 15.9 Å². The van der Waals surface area contributed by atoms with Crippen LogP contribution in [0.5, 0.6) is 5.75 Å². The van der Waals surface area contributed by atoms with Crippen LogP contribution in [0, 0.1) is 0 Å². The van der Waals surface area contributed by atoms with Crippen molar-refractivity contribution in [2.24, 2.45) is 0 Å². The molecule has 2 amide bonds. The number of nitrogens with zero attached hydrogens (tertiary/aromatic N) is 1. The molecule has 0 aliphatic carbocycles. The second-order valence-corrected chi connectivity index (χ2v) is 5.84. The van der Waals surface area contributed by atoms with Gasteiger partial charge in [0.15, 0.2) is 0 Å². The van der Waals surface area contributed by atoms with Crippen LogP contribution in [0.3, 0.4) is 0 Å². The van der Waals surface area contributed by atoms with E-state index in [-0.39, 0.29) is 11.6 Å². The molecule has 0 aliphatic heterocycles. The van der Waals surface area contributed by atoms with Gasteiger partial charge >= 0.3 is 0 Å². The number of hydrogen-bond donors (Lipinski definition) is 2. The molecule has 1 heterocycles. The van der Waals surface area contributed by atoms with Crippen molar-refractivity contribution in [2.45, 2.75) is 0 Å². The zero-order valence-electron chi connectivity index (χ0n) is 15.3. The molecule has 0 fully saturated rings. The monoisotopic (exact) mass is 373 g/mol. The maximum atomic E-state index is 12.8. The van der Waals surface area contributed by atoms with Gasteiger partial charge in [-0.25, -0.2) is 0 Å². The fourth-order valence-corrected chi connectivity index (χ4v) is 2.44. The molecule has 6 heteroatoms. The number of anilines is 1. The predicted molar refractivity (Wildman–Crippen MR) is 108 cm³/mol. The summed E-state index contributed by atoms with van der Waals surface area (Å²) in [6.45, 7) is 0. The van der Waals surface area contributed by atoms with Crippen molar-refractivity contribution in [3.8, 4) is 5.75 Å². The second kappa shape index (κ2) is 9.14. The minimum Gasteiger partial charge on any atom is -0.497 e. The minimum absolute atomic E-state index is 0.121. The summed E-state index contributed by atoms with van der Waals surface area (Å²) >= 11 is 0. The van der Waals surface area contributed by atoms with Gasteiger partial charge in [0.1, 0.15) is 11.4 Å². The third-order valence-electron chi connectivity index (χ3n) is 3.89. The molecule has 0 aliphatic rings. The molecule has 6 nitrogen and oxygen atoms in total. The van der Waals surface area contributed by atoms with Gasteiger partial charge in [-0.05, 0) is 60.2 Å². The Bertz CT molecular complexity index is 969. The van der Waals surface area contributed by atoms with Gasteiger partial charge < -0.3 is 15.4 Å². The zero-order chi connectivity index (χ0) is 19.8. The lowest BCUT2D eigenvalue weighted by molar-refractivity contribution is -0.113. The summed E-state index contributed by atoms with van der Waals surface area (Å²) < 4.78 is 5.12. The Morgan fingerprint density at radius 2 is 1.61 bits per heavy atom. The van der Waals surface area contributed by atoms with Crippen molar-refractivity contribution in [3.05, 3.63) is 95.9 Å². The molecule has 0 saturated heterocycles. The molecule has 0 unspecified atom stereocenters. The van der Waals surface area contributed by atoms with E-state index >= 15 is 0 Å². The van der Waals surface area contributed by atoms with E-state index in [9.17, 15) is 9.59 Å². The van der Waals surface area contributed by atoms with Gasteiger partial charge in [0.05, 0.1) is 7.11 Å². The quantitative estimate of drug-likeness (QED) is 0.648. The first-order valence-corrected chi connectivity index (χ1v) is 8.59. The van der Waals surface area contributed by atoms with E-state index in [4.69, 9.17) is 4.74 Å². The number of nitrogens with one attached hydrogen (secondary N) is 2.